The van der Waals surface area contributed by atoms with Crippen molar-refractivity contribution in [3.8, 4) is 0 Å². The third-order valence-corrected chi connectivity index (χ3v) is 3.80. The van der Waals surface area contributed by atoms with Crippen molar-refractivity contribution < 1.29 is 19.1 Å². The van der Waals surface area contributed by atoms with E-state index in [1.54, 1.807) is 6.92 Å². The molecule has 1 N–H and O–H groups in total. The highest BCUT2D eigenvalue weighted by atomic mass is 16.4. The van der Waals surface area contributed by atoms with Crippen molar-refractivity contribution in [3.05, 3.63) is 23.7 Å². The van der Waals surface area contributed by atoms with E-state index in [4.69, 9.17) is 9.52 Å². The standard InChI is InChI=1S/C15H21NO4/c1-3-16(9-15(18)19)14(17)7-5-11-4-6-13(20-11)12-8-10(12)2/h4,6,10,12H,3,5,7-9H2,1-2H3,(H,18,19). The van der Waals surface area contributed by atoms with Crippen LogP contribution in [0.4, 0.5) is 0 Å². The zero-order valence-corrected chi connectivity index (χ0v) is 12.0. The van der Waals surface area contributed by atoms with Crippen LogP contribution >= 0.6 is 0 Å². The highest BCUT2D eigenvalue weighted by molar-refractivity contribution is 5.81. The fourth-order valence-electron chi connectivity index (χ4n) is 2.37. The molecule has 2 atom stereocenters. The molecule has 0 spiro atoms. The van der Waals surface area contributed by atoms with Gasteiger partial charge in [0.1, 0.15) is 18.1 Å². The molecule has 1 aromatic heterocycles. The predicted molar refractivity (Wildman–Crippen MR) is 73.4 cm³/mol. The van der Waals surface area contributed by atoms with Crippen LogP contribution in [0.15, 0.2) is 16.5 Å². The Labute approximate surface area is 118 Å². The lowest BCUT2D eigenvalue weighted by Crippen LogP contribution is -2.35. The van der Waals surface area contributed by atoms with Crippen LogP contribution in [0, 0.1) is 5.92 Å². The first kappa shape index (κ1) is 14.6. The van der Waals surface area contributed by atoms with Crippen molar-refractivity contribution in [1.82, 2.24) is 4.90 Å². The van der Waals surface area contributed by atoms with Gasteiger partial charge in [-0.2, -0.15) is 0 Å². The summed E-state index contributed by atoms with van der Waals surface area (Å²) in [4.78, 5) is 23.9. The van der Waals surface area contributed by atoms with Crippen molar-refractivity contribution in [3.63, 3.8) is 0 Å². The zero-order chi connectivity index (χ0) is 14.7. The smallest absolute Gasteiger partial charge is 0.323 e. The van der Waals surface area contributed by atoms with Crippen molar-refractivity contribution in [2.45, 2.75) is 39.0 Å². The number of rotatable bonds is 7. The number of carbonyl (C=O) groups excluding carboxylic acids is 1. The average molecular weight is 279 g/mol. The number of carbonyl (C=O) groups is 2. The van der Waals surface area contributed by atoms with Crippen LogP contribution in [0.2, 0.25) is 0 Å². The van der Waals surface area contributed by atoms with Gasteiger partial charge in [0.25, 0.3) is 0 Å². The maximum Gasteiger partial charge on any atom is 0.323 e. The summed E-state index contributed by atoms with van der Waals surface area (Å²) in [6.45, 7) is 4.15. The number of likely N-dealkylation sites (N-methyl/N-ethyl adjacent to an activating group) is 1. The lowest BCUT2D eigenvalue weighted by Gasteiger charge is -2.17. The van der Waals surface area contributed by atoms with E-state index in [1.165, 1.54) is 11.3 Å². The molecule has 2 unspecified atom stereocenters. The SMILES string of the molecule is CCN(CC(=O)O)C(=O)CCc1ccc(C2CC2C)o1. The van der Waals surface area contributed by atoms with E-state index < -0.39 is 5.97 Å². The molecule has 0 bridgehead atoms. The number of carboxylic acids is 1. The molecule has 1 amide bonds. The largest absolute Gasteiger partial charge is 0.480 e. The lowest BCUT2D eigenvalue weighted by atomic mass is 10.2. The summed E-state index contributed by atoms with van der Waals surface area (Å²) in [5.41, 5.74) is 0. The first-order valence-electron chi connectivity index (χ1n) is 7.09. The Morgan fingerprint density at radius 3 is 2.70 bits per heavy atom. The Hall–Kier alpha value is -1.78. The second kappa shape index (κ2) is 6.11. The van der Waals surface area contributed by atoms with Gasteiger partial charge in [-0.25, -0.2) is 0 Å². The monoisotopic (exact) mass is 279 g/mol. The summed E-state index contributed by atoms with van der Waals surface area (Å²) in [6, 6.07) is 3.91. The molecular weight excluding hydrogens is 258 g/mol. The molecule has 5 nitrogen and oxygen atoms in total. The van der Waals surface area contributed by atoms with Gasteiger partial charge in [-0.15, -0.1) is 0 Å². The van der Waals surface area contributed by atoms with Crippen LogP contribution in [0.25, 0.3) is 0 Å². The van der Waals surface area contributed by atoms with Crippen LogP contribution < -0.4 is 0 Å². The van der Waals surface area contributed by atoms with E-state index in [9.17, 15) is 9.59 Å². The van der Waals surface area contributed by atoms with Crippen molar-refractivity contribution in [1.29, 1.82) is 0 Å². The van der Waals surface area contributed by atoms with Crippen LogP contribution in [-0.4, -0.2) is 35.0 Å². The quantitative estimate of drug-likeness (QED) is 0.831. The molecule has 110 valence electrons. The predicted octanol–water partition coefficient (Wildman–Crippen LogP) is 2.27. The van der Waals surface area contributed by atoms with Crippen molar-refractivity contribution >= 4 is 11.9 Å². The first-order valence-corrected chi connectivity index (χ1v) is 7.09. The lowest BCUT2D eigenvalue weighted by molar-refractivity contribution is -0.144. The van der Waals surface area contributed by atoms with Crippen LogP contribution in [0.1, 0.15) is 44.1 Å². The normalized spacial score (nSPS) is 20.7. The summed E-state index contributed by atoms with van der Waals surface area (Å²) in [6.07, 6.45) is 1.98. The number of aryl methyl sites for hydroxylation is 1. The second-order valence-corrected chi connectivity index (χ2v) is 5.43. The van der Waals surface area contributed by atoms with E-state index in [1.807, 2.05) is 12.1 Å². The number of hydrogen-bond acceptors (Lipinski definition) is 3. The molecule has 1 heterocycles. The number of amides is 1. The van der Waals surface area contributed by atoms with Gasteiger partial charge >= 0.3 is 5.97 Å². The molecular formula is C15H21NO4. The summed E-state index contributed by atoms with van der Waals surface area (Å²) in [7, 11) is 0. The Kier molecular flexibility index (Phi) is 4.47. The summed E-state index contributed by atoms with van der Waals surface area (Å²) in [5, 5.41) is 8.73. The average Bonchev–Trinajstić information content (AvgIpc) is 2.95. The van der Waals surface area contributed by atoms with Crippen molar-refractivity contribution in [2.24, 2.45) is 5.92 Å². The molecule has 5 heteroatoms. The first-order chi connectivity index (χ1) is 9.51. The van der Waals surface area contributed by atoms with Crippen molar-refractivity contribution in [2.75, 3.05) is 13.1 Å². The Morgan fingerprint density at radius 2 is 2.15 bits per heavy atom. The fourth-order valence-corrected chi connectivity index (χ4v) is 2.37. The van der Waals surface area contributed by atoms with E-state index in [2.05, 4.69) is 6.92 Å². The topological polar surface area (TPSA) is 70.8 Å². The maximum atomic E-state index is 11.9. The number of aliphatic carboxylic acids is 1. The maximum absolute atomic E-state index is 11.9. The molecule has 1 aliphatic carbocycles. The third-order valence-electron chi connectivity index (χ3n) is 3.80. The second-order valence-electron chi connectivity index (χ2n) is 5.43. The molecule has 0 saturated heterocycles. The number of hydrogen-bond donors (Lipinski definition) is 1. The third kappa shape index (κ3) is 3.62. The highest BCUT2D eigenvalue weighted by Gasteiger charge is 2.36. The van der Waals surface area contributed by atoms with Gasteiger partial charge < -0.3 is 14.4 Å². The van der Waals surface area contributed by atoms with E-state index in [-0.39, 0.29) is 18.9 Å². The number of furan rings is 1. The Balaban J connectivity index is 1.83. The van der Waals surface area contributed by atoms with E-state index in [0.717, 1.165) is 11.5 Å². The highest BCUT2D eigenvalue weighted by Crippen LogP contribution is 2.47. The Bertz CT molecular complexity index is 494. The molecule has 1 aromatic rings. The van der Waals surface area contributed by atoms with E-state index in [0.29, 0.717) is 24.8 Å². The molecule has 1 aliphatic rings. The van der Waals surface area contributed by atoms with Gasteiger partial charge in [0.2, 0.25) is 5.91 Å². The van der Waals surface area contributed by atoms with Crippen LogP contribution in [-0.2, 0) is 16.0 Å². The molecule has 1 fully saturated rings. The van der Waals surface area contributed by atoms with Crippen LogP contribution in [0.3, 0.4) is 0 Å². The van der Waals surface area contributed by atoms with Gasteiger partial charge in [0, 0.05) is 25.3 Å². The molecule has 0 radical (unpaired) electrons. The minimum Gasteiger partial charge on any atom is -0.480 e. The van der Waals surface area contributed by atoms with Gasteiger partial charge in [-0.3, -0.25) is 9.59 Å². The number of carboxylic acid groups (broad SMARTS) is 1. The van der Waals surface area contributed by atoms with E-state index >= 15 is 0 Å². The minimum atomic E-state index is -0.983. The number of nitrogens with zero attached hydrogens (tertiary/aromatic N) is 1. The van der Waals surface area contributed by atoms with Gasteiger partial charge in [0.15, 0.2) is 0 Å². The molecule has 1 saturated carbocycles. The summed E-state index contributed by atoms with van der Waals surface area (Å²) in [5.74, 6) is 1.92. The Morgan fingerprint density at radius 1 is 1.45 bits per heavy atom. The molecule has 0 aromatic carbocycles. The molecule has 20 heavy (non-hydrogen) atoms. The fraction of sp³-hybridized carbons (Fsp3) is 0.600. The minimum absolute atomic E-state index is 0.146. The molecule has 2 rings (SSSR count). The zero-order valence-electron chi connectivity index (χ0n) is 12.0. The van der Waals surface area contributed by atoms with Crippen LogP contribution in [0.5, 0.6) is 0 Å². The summed E-state index contributed by atoms with van der Waals surface area (Å²) >= 11 is 0. The van der Waals surface area contributed by atoms with Gasteiger partial charge in [-0.05, 0) is 31.4 Å². The summed E-state index contributed by atoms with van der Waals surface area (Å²) < 4.78 is 5.74. The van der Waals surface area contributed by atoms with Gasteiger partial charge in [0.05, 0.1) is 0 Å². The molecule has 0 aliphatic heterocycles. The van der Waals surface area contributed by atoms with Gasteiger partial charge in [-0.1, -0.05) is 6.92 Å².